The van der Waals surface area contributed by atoms with Gasteiger partial charge in [0.1, 0.15) is 0 Å². The maximum absolute atomic E-state index is 8.69. The second kappa shape index (κ2) is 5.00. The summed E-state index contributed by atoms with van der Waals surface area (Å²) in [4.78, 5) is 0. The van der Waals surface area contributed by atoms with Gasteiger partial charge in [0.05, 0.1) is 0 Å². The summed E-state index contributed by atoms with van der Waals surface area (Å²) >= 11 is 0. The van der Waals surface area contributed by atoms with Crippen LogP contribution in [-0.4, -0.2) is 17.8 Å². The van der Waals surface area contributed by atoms with E-state index in [4.69, 9.17) is 10.8 Å². The van der Waals surface area contributed by atoms with Crippen molar-refractivity contribution in [1.82, 2.24) is 0 Å². The van der Waals surface area contributed by atoms with Gasteiger partial charge in [-0.1, -0.05) is 29.8 Å². The number of aryl methyl sites for hydroxylation is 1. The van der Waals surface area contributed by atoms with Crippen LogP contribution in [0.1, 0.15) is 17.5 Å². The molecule has 1 aromatic rings. The van der Waals surface area contributed by atoms with E-state index in [0.29, 0.717) is 6.42 Å². The fraction of sp³-hybridized carbons (Fsp3) is 0.455. The van der Waals surface area contributed by atoms with Gasteiger partial charge in [-0.25, -0.2) is 0 Å². The Balaban J connectivity index is 2.53. The maximum Gasteiger partial charge on any atom is 0.0445 e. The lowest BCUT2D eigenvalue weighted by molar-refractivity contribution is 0.275. The normalized spacial score (nSPS) is 12.8. The molecule has 0 radical (unpaired) electrons. The zero-order valence-corrected chi connectivity index (χ0v) is 8.03. The van der Waals surface area contributed by atoms with Crippen LogP contribution in [0.5, 0.6) is 0 Å². The Morgan fingerprint density at radius 2 is 2.23 bits per heavy atom. The molecule has 0 bridgehead atoms. The van der Waals surface area contributed by atoms with Gasteiger partial charge >= 0.3 is 0 Å². The van der Waals surface area contributed by atoms with E-state index in [0.717, 1.165) is 6.42 Å². The van der Waals surface area contributed by atoms with E-state index in [1.54, 1.807) is 0 Å². The quantitative estimate of drug-likeness (QED) is 0.730. The second-order valence-corrected chi connectivity index (χ2v) is 3.47. The van der Waals surface area contributed by atoms with Gasteiger partial charge in [0.25, 0.3) is 0 Å². The number of nitrogens with two attached hydrogens (primary N) is 1. The first-order chi connectivity index (χ1) is 6.22. The van der Waals surface area contributed by atoms with E-state index in [1.807, 2.05) is 6.07 Å². The molecule has 1 unspecified atom stereocenters. The lowest BCUT2D eigenvalue weighted by Gasteiger charge is -2.09. The number of aliphatic hydroxyl groups excluding tert-OH is 1. The van der Waals surface area contributed by atoms with E-state index in [9.17, 15) is 0 Å². The van der Waals surface area contributed by atoms with Gasteiger partial charge in [-0.05, 0) is 25.3 Å². The van der Waals surface area contributed by atoms with Gasteiger partial charge in [0.15, 0.2) is 0 Å². The average molecular weight is 179 g/mol. The Morgan fingerprint density at radius 1 is 1.46 bits per heavy atom. The fourth-order valence-corrected chi connectivity index (χ4v) is 1.41. The molecule has 72 valence electrons. The SMILES string of the molecule is Cc1cccc(CC(N)CCO)c1. The van der Waals surface area contributed by atoms with Crippen molar-refractivity contribution in [3.8, 4) is 0 Å². The van der Waals surface area contributed by atoms with Crippen molar-refractivity contribution in [1.29, 1.82) is 0 Å². The minimum atomic E-state index is 0.0757. The number of benzene rings is 1. The first-order valence-electron chi connectivity index (χ1n) is 4.64. The van der Waals surface area contributed by atoms with E-state index in [2.05, 4.69) is 25.1 Å². The molecule has 1 rings (SSSR count). The second-order valence-electron chi connectivity index (χ2n) is 3.47. The molecule has 2 nitrogen and oxygen atoms in total. The van der Waals surface area contributed by atoms with Crippen molar-refractivity contribution in [2.75, 3.05) is 6.61 Å². The summed E-state index contributed by atoms with van der Waals surface area (Å²) in [6.45, 7) is 2.24. The first-order valence-corrected chi connectivity index (χ1v) is 4.64. The summed E-state index contributed by atoms with van der Waals surface area (Å²) in [6, 6.07) is 8.39. The summed E-state index contributed by atoms with van der Waals surface area (Å²) in [7, 11) is 0. The van der Waals surface area contributed by atoms with Crippen LogP contribution in [0.15, 0.2) is 24.3 Å². The van der Waals surface area contributed by atoms with Crippen molar-refractivity contribution in [3.05, 3.63) is 35.4 Å². The molecule has 2 heteroatoms. The van der Waals surface area contributed by atoms with Gasteiger partial charge in [-0.2, -0.15) is 0 Å². The predicted molar refractivity (Wildman–Crippen MR) is 54.6 cm³/mol. The number of rotatable bonds is 4. The molecule has 0 saturated carbocycles. The van der Waals surface area contributed by atoms with Crippen LogP contribution in [0.4, 0.5) is 0 Å². The number of hydrogen-bond acceptors (Lipinski definition) is 2. The van der Waals surface area contributed by atoms with Crippen molar-refractivity contribution in [2.45, 2.75) is 25.8 Å². The Morgan fingerprint density at radius 3 is 2.85 bits per heavy atom. The van der Waals surface area contributed by atoms with Gasteiger partial charge in [0.2, 0.25) is 0 Å². The standard InChI is InChI=1S/C11H17NO/c1-9-3-2-4-10(7-9)8-11(12)5-6-13/h2-4,7,11,13H,5-6,8,12H2,1H3. The van der Waals surface area contributed by atoms with Gasteiger partial charge in [-0.15, -0.1) is 0 Å². The molecule has 0 fully saturated rings. The van der Waals surface area contributed by atoms with Crippen molar-refractivity contribution >= 4 is 0 Å². The van der Waals surface area contributed by atoms with Crippen molar-refractivity contribution < 1.29 is 5.11 Å². The van der Waals surface area contributed by atoms with E-state index in [1.165, 1.54) is 11.1 Å². The molecule has 1 atom stereocenters. The molecule has 0 aliphatic rings. The fourth-order valence-electron chi connectivity index (χ4n) is 1.41. The smallest absolute Gasteiger partial charge is 0.0445 e. The minimum absolute atomic E-state index is 0.0757. The summed E-state index contributed by atoms with van der Waals surface area (Å²) in [5.74, 6) is 0. The third kappa shape index (κ3) is 3.57. The summed E-state index contributed by atoms with van der Waals surface area (Å²) in [5, 5.41) is 8.69. The molecule has 0 spiro atoms. The van der Waals surface area contributed by atoms with Crippen LogP contribution >= 0.6 is 0 Å². The predicted octanol–water partition coefficient (Wildman–Crippen LogP) is 1.25. The summed E-state index contributed by atoms with van der Waals surface area (Å²) in [6.07, 6.45) is 1.52. The van der Waals surface area contributed by atoms with E-state index >= 15 is 0 Å². The van der Waals surface area contributed by atoms with E-state index in [-0.39, 0.29) is 12.6 Å². The van der Waals surface area contributed by atoms with Gasteiger partial charge in [-0.3, -0.25) is 0 Å². The molecule has 0 saturated heterocycles. The molecule has 0 aliphatic heterocycles. The Bertz CT molecular complexity index is 260. The molecule has 0 amide bonds. The van der Waals surface area contributed by atoms with Crippen LogP contribution in [0, 0.1) is 6.92 Å². The van der Waals surface area contributed by atoms with Gasteiger partial charge < -0.3 is 10.8 Å². The number of hydrogen-bond donors (Lipinski definition) is 2. The third-order valence-corrected chi connectivity index (χ3v) is 2.08. The van der Waals surface area contributed by atoms with Crippen LogP contribution in [-0.2, 0) is 6.42 Å². The molecule has 0 aromatic heterocycles. The molecule has 13 heavy (non-hydrogen) atoms. The highest BCUT2D eigenvalue weighted by molar-refractivity contribution is 5.22. The Hall–Kier alpha value is -0.860. The van der Waals surface area contributed by atoms with Crippen molar-refractivity contribution in [2.24, 2.45) is 5.73 Å². The molecular formula is C11H17NO. The third-order valence-electron chi connectivity index (χ3n) is 2.08. The highest BCUT2D eigenvalue weighted by Crippen LogP contribution is 2.07. The minimum Gasteiger partial charge on any atom is -0.396 e. The zero-order chi connectivity index (χ0) is 9.68. The Kier molecular flexibility index (Phi) is 3.93. The molecular weight excluding hydrogens is 162 g/mol. The molecule has 3 N–H and O–H groups in total. The lowest BCUT2D eigenvalue weighted by atomic mass is 10.0. The largest absolute Gasteiger partial charge is 0.396 e. The first kappa shape index (κ1) is 10.2. The van der Waals surface area contributed by atoms with Crippen LogP contribution in [0.3, 0.4) is 0 Å². The van der Waals surface area contributed by atoms with Crippen LogP contribution in [0.25, 0.3) is 0 Å². The summed E-state index contributed by atoms with van der Waals surface area (Å²) in [5.41, 5.74) is 8.32. The van der Waals surface area contributed by atoms with Crippen molar-refractivity contribution in [3.63, 3.8) is 0 Å². The maximum atomic E-state index is 8.69. The molecule has 1 aromatic carbocycles. The summed E-state index contributed by atoms with van der Waals surface area (Å²) < 4.78 is 0. The monoisotopic (exact) mass is 179 g/mol. The van der Waals surface area contributed by atoms with Crippen LogP contribution < -0.4 is 5.73 Å². The van der Waals surface area contributed by atoms with Gasteiger partial charge in [0, 0.05) is 12.6 Å². The molecule has 0 heterocycles. The highest BCUT2D eigenvalue weighted by atomic mass is 16.3. The lowest BCUT2D eigenvalue weighted by Crippen LogP contribution is -2.23. The Labute approximate surface area is 79.4 Å². The topological polar surface area (TPSA) is 46.2 Å². The van der Waals surface area contributed by atoms with Crippen LogP contribution in [0.2, 0.25) is 0 Å². The average Bonchev–Trinajstić information content (AvgIpc) is 2.04. The van der Waals surface area contributed by atoms with E-state index < -0.39 is 0 Å². The molecule has 0 aliphatic carbocycles. The highest BCUT2D eigenvalue weighted by Gasteiger charge is 2.02. The zero-order valence-electron chi connectivity index (χ0n) is 8.03. The number of aliphatic hydroxyl groups is 1.